The van der Waals surface area contributed by atoms with Crippen molar-refractivity contribution in [3.05, 3.63) is 82.7 Å². The Labute approximate surface area is 202 Å². The van der Waals surface area contributed by atoms with Crippen molar-refractivity contribution in [1.82, 2.24) is 15.2 Å². The predicted octanol–water partition coefficient (Wildman–Crippen LogP) is 6.41. The van der Waals surface area contributed by atoms with E-state index < -0.39 is 0 Å². The number of anilines is 2. The molecule has 8 heteroatoms. The van der Waals surface area contributed by atoms with Crippen molar-refractivity contribution < 1.29 is 9.21 Å². The monoisotopic (exact) mass is 478 g/mol. The summed E-state index contributed by atoms with van der Waals surface area (Å²) in [5.74, 6) is 1.47. The molecule has 0 aliphatic carbocycles. The van der Waals surface area contributed by atoms with Gasteiger partial charge in [-0.25, -0.2) is 4.98 Å². The van der Waals surface area contributed by atoms with Crippen LogP contribution in [0.5, 0.6) is 0 Å². The summed E-state index contributed by atoms with van der Waals surface area (Å²) in [6, 6.07) is 18.3. The second kappa shape index (κ2) is 10.8. The Hall–Kier alpha value is -2.97. The number of thiazole rings is 1. The molecule has 0 aliphatic heterocycles. The minimum atomic E-state index is -0.0569. The van der Waals surface area contributed by atoms with Gasteiger partial charge in [0.25, 0.3) is 5.22 Å². The van der Waals surface area contributed by atoms with E-state index in [1.165, 1.54) is 28.7 Å². The Morgan fingerprint density at radius 2 is 1.88 bits per heavy atom. The summed E-state index contributed by atoms with van der Waals surface area (Å²) in [6.07, 6.45) is 1.54. The van der Waals surface area contributed by atoms with Gasteiger partial charge in [0.05, 0.1) is 11.4 Å². The lowest BCUT2D eigenvalue weighted by Gasteiger charge is -2.20. The number of aryl methyl sites for hydroxylation is 1. The Morgan fingerprint density at radius 3 is 2.64 bits per heavy atom. The van der Waals surface area contributed by atoms with Crippen LogP contribution in [0.3, 0.4) is 0 Å². The number of thioether (sulfide) groups is 1. The van der Waals surface area contributed by atoms with Gasteiger partial charge in [-0.2, -0.15) is 0 Å². The molecule has 0 radical (unpaired) electrons. The van der Waals surface area contributed by atoms with E-state index in [1.54, 1.807) is 11.8 Å². The van der Waals surface area contributed by atoms with Crippen molar-refractivity contribution in [2.45, 2.75) is 50.5 Å². The predicted molar refractivity (Wildman–Crippen MR) is 133 cm³/mol. The average Bonchev–Trinajstić information content (AvgIpc) is 3.48. The molecule has 1 atom stereocenters. The van der Waals surface area contributed by atoms with Gasteiger partial charge in [0, 0.05) is 24.5 Å². The Kier molecular flexibility index (Phi) is 7.57. The molecule has 1 amide bonds. The van der Waals surface area contributed by atoms with Crippen LogP contribution in [0.4, 0.5) is 10.8 Å². The number of aromatic nitrogens is 3. The molecule has 6 nitrogen and oxygen atoms in total. The molecule has 33 heavy (non-hydrogen) atoms. The van der Waals surface area contributed by atoms with Gasteiger partial charge in [-0.1, -0.05) is 74.1 Å². The molecule has 1 unspecified atom stereocenters. The van der Waals surface area contributed by atoms with Gasteiger partial charge in [-0.3, -0.25) is 9.69 Å². The van der Waals surface area contributed by atoms with E-state index in [0.717, 1.165) is 23.4 Å². The van der Waals surface area contributed by atoms with Crippen LogP contribution in [0.2, 0.25) is 0 Å². The van der Waals surface area contributed by atoms with Crippen LogP contribution in [0.15, 0.2) is 69.6 Å². The number of carbonyl (C=O) groups excluding carboxylic acids is 1. The molecule has 4 aromatic rings. The van der Waals surface area contributed by atoms with E-state index in [4.69, 9.17) is 9.40 Å². The number of benzene rings is 2. The zero-order valence-corrected chi connectivity index (χ0v) is 20.5. The molecule has 0 spiro atoms. The highest BCUT2D eigenvalue weighted by Crippen LogP contribution is 2.33. The van der Waals surface area contributed by atoms with Crippen molar-refractivity contribution in [3.63, 3.8) is 0 Å². The number of para-hydroxylation sites is 1. The summed E-state index contributed by atoms with van der Waals surface area (Å²) >= 11 is 2.92. The second-order valence-corrected chi connectivity index (χ2v) is 9.49. The van der Waals surface area contributed by atoms with Crippen LogP contribution in [0.25, 0.3) is 0 Å². The molecule has 0 saturated carbocycles. The minimum absolute atomic E-state index is 0.0569. The van der Waals surface area contributed by atoms with E-state index in [9.17, 15) is 4.79 Å². The molecule has 0 aliphatic rings. The third-order valence-corrected chi connectivity index (χ3v) is 7.03. The summed E-state index contributed by atoms with van der Waals surface area (Å²) in [6.45, 7) is 5.81. The fourth-order valence-corrected chi connectivity index (χ4v) is 5.23. The van der Waals surface area contributed by atoms with Gasteiger partial charge in [-0.05, 0) is 29.5 Å². The lowest BCUT2D eigenvalue weighted by Crippen LogP contribution is -2.23. The van der Waals surface area contributed by atoms with Crippen LogP contribution < -0.4 is 4.90 Å². The Balaban J connectivity index is 1.40. The lowest BCUT2D eigenvalue weighted by molar-refractivity contribution is -0.115. The highest BCUT2D eigenvalue weighted by molar-refractivity contribution is 7.98. The minimum Gasteiger partial charge on any atom is -0.416 e. The molecule has 0 fully saturated rings. The lowest BCUT2D eigenvalue weighted by atomic mass is 9.98. The van der Waals surface area contributed by atoms with Gasteiger partial charge in [0.15, 0.2) is 5.13 Å². The van der Waals surface area contributed by atoms with E-state index in [-0.39, 0.29) is 5.91 Å². The third kappa shape index (κ3) is 5.69. The highest BCUT2D eigenvalue weighted by atomic mass is 32.2. The molecule has 170 valence electrons. The van der Waals surface area contributed by atoms with Gasteiger partial charge in [0.1, 0.15) is 0 Å². The summed E-state index contributed by atoms with van der Waals surface area (Å²) in [7, 11) is 0. The SMILES string of the molecule is CCc1ccccc1N(C(C)=O)c1nc(CSc2nnc(CC(C)c3ccccc3)o2)cs1. The number of nitrogens with zero attached hydrogens (tertiary/aromatic N) is 4. The molecular formula is C25H26N4O2S2. The zero-order chi connectivity index (χ0) is 23.2. The molecular weight excluding hydrogens is 452 g/mol. The highest BCUT2D eigenvalue weighted by Gasteiger charge is 2.20. The molecule has 0 saturated heterocycles. The van der Waals surface area contributed by atoms with E-state index in [1.807, 2.05) is 47.8 Å². The van der Waals surface area contributed by atoms with Crippen molar-refractivity contribution in [1.29, 1.82) is 0 Å². The molecule has 2 heterocycles. The first-order valence-electron chi connectivity index (χ1n) is 10.9. The third-order valence-electron chi connectivity index (χ3n) is 5.30. The molecule has 2 aromatic heterocycles. The van der Waals surface area contributed by atoms with E-state index in [2.05, 4.69) is 36.2 Å². The first-order valence-corrected chi connectivity index (χ1v) is 12.7. The van der Waals surface area contributed by atoms with Crippen molar-refractivity contribution >= 4 is 39.8 Å². The van der Waals surface area contributed by atoms with Gasteiger partial charge in [0.2, 0.25) is 11.8 Å². The smallest absolute Gasteiger partial charge is 0.276 e. The number of carbonyl (C=O) groups is 1. The quantitative estimate of drug-likeness (QED) is 0.259. The summed E-state index contributed by atoms with van der Waals surface area (Å²) in [5.41, 5.74) is 4.12. The van der Waals surface area contributed by atoms with Crippen LogP contribution >= 0.6 is 23.1 Å². The fraction of sp³-hybridized carbons (Fsp3) is 0.280. The number of hydrogen-bond donors (Lipinski definition) is 0. The molecule has 0 N–H and O–H groups in total. The normalized spacial score (nSPS) is 12.0. The second-order valence-electron chi connectivity index (χ2n) is 7.72. The average molecular weight is 479 g/mol. The van der Waals surface area contributed by atoms with Crippen molar-refractivity contribution in [3.8, 4) is 0 Å². The number of amides is 1. The maximum atomic E-state index is 12.4. The summed E-state index contributed by atoms with van der Waals surface area (Å²) in [4.78, 5) is 18.8. The largest absolute Gasteiger partial charge is 0.416 e. The summed E-state index contributed by atoms with van der Waals surface area (Å²) < 4.78 is 5.84. The van der Waals surface area contributed by atoms with Gasteiger partial charge < -0.3 is 4.42 Å². The van der Waals surface area contributed by atoms with Crippen LogP contribution in [-0.2, 0) is 23.4 Å². The van der Waals surface area contributed by atoms with E-state index >= 15 is 0 Å². The van der Waals surface area contributed by atoms with Gasteiger partial charge >= 0.3 is 0 Å². The van der Waals surface area contributed by atoms with Crippen LogP contribution in [0.1, 0.15) is 49.4 Å². The maximum Gasteiger partial charge on any atom is 0.276 e. The molecule has 2 aromatic carbocycles. The first-order chi connectivity index (χ1) is 16.0. The van der Waals surface area contributed by atoms with Crippen molar-refractivity contribution in [2.24, 2.45) is 0 Å². The topological polar surface area (TPSA) is 72.1 Å². The fourth-order valence-electron chi connectivity index (χ4n) is 3.58. The van der Waals surface area contributed by atoms with Gasteiger partial charge in [-0.15, -0.1) is 21.5 Å². The van der Waals surface area contributed by atoms with Crippen molar-refractivity contribution in [2.75, 3.05) is 4.90 Å². The number of hydrogen-bond acceptors (Lipinski definition) is 7. The standard InChI is InChI=1S/C25H26N4O2S2/c1-4-19-10-8-9-13-22(19)29(18(3)30)24-26-21(15-32-24)16-33-25-28-27-23(31-25)14-17(2)20-11-6-5-7-12-20/h5-13,15,17H,4,14,16H2,1-3H3. The van der Waals surface area contributed by atoms with E-state index in [0.29, 0.717) is 34.3 Å². The first kappa shape index (κ1) is 23.2. The maximum absolute atomic E-state index is 12.4. The summed E-state index contributed by atoms with van der Waals surface area (Å²) in [5, 5.41) is 11.5. The Bertz CT molecular complexity index is 1210. The van der Waals surface area contributed by atoms with Crippen LogP contribution in [0, 0.1) is 0 Å². The number of rotatable bonds is 9. The van der Waals surface area contributed by atoms with Crippen LogP contribution in [-0.4, -0.2) is 21.1 Å². The zero-order valence-electron chi connectivity index (χ0n) is 18.9. The molecule has 4 rings (SSSR count). The Morgan fingerprint density at radius 1 is 1.12 bits per heavy atom. The molecule has 0 bridgehead atoms.